The van der Waals surface area contributed by atoms with Crippen molar-refractivity contribution in [1.82, 2.24) is 10.3 Å². The van der Waals surface area contributed by atoms with Gasteiger partial charge < -0.3 is 14.8 Å². The Balaban J connectivity index is 1.66. The second-order valence-electron chi connectivity index (χ2n) is 6.66. The highest BCUT2D eigenvalue weighted by Gasteiger charge is 2.20. The number of aromatic nitrogens is 2. The molecule has 7 nitrogen and oxygen atoms in total. The van der Waals surface area contributed by atoms with Crippen LogP contribution in [0.4, 0.5) is 5.82 Å². The molecule has 7 heteroatoms. The van der Waals surface area contributed by atoms with E-state index in [9.17, 15) is 4.79 Å². The number of nitrogens with one attached hydrogen (secondary N) is 1. The second-order valence-corrected chi connectivity index (χ2v) is 6.66. The van der Waals surface area contributed by atoms with E-state index in [1.807, 2.05) is 36.4 Å². The van der Waals surface area contributed by atoms with E-state index in [0.29, 0.717) is 17.4 Å². The number of methoxy groups -OCH3 is 1. The molecule has 0 bridgehead atoms. The monoisotopic (exact) mass is 381 g/mol. The second kappa shape index (κ2) is 8.56. The predicted molar refractivity (Wildman–Crippen MR) is 106 cm³/mol. The Kier molecular flexibility index (Phi) is 5.93. The molecule has 2 aromatic carbocycles. The van der Waals surface area contributed by atoms with E-state index in [1.54, 1.807) is 26.2 Å². The molecule has 0 aliphatic rings. The van der Waals surface area contributed by atoms with E-state index in [2.05, 4.69) is 29.5 Å². The molecule has 0 saturated carbocycles. The number of carbonyl (C=O) groups excluding carboxylic acids is 1. The van der Waals surface area contributed by atoms with Gasteiger partial charge in [-0.3, -0.25) is 4.79 Å². The Bertz CT molecular complexity index is 918. The molecule has 1 heterocycles. The van der Waals surface area contributed by atoms with Crippen molar-refractivity contribution in [2.45, 2.75) is 32.8 Å². The zero-order valence-corrected chi connectivity index (χ0v) is 16.3. The molecule has 1 N–H and O–H groups in total. The maximum atomic E-state index is 12.5. The third kappa shape index (κ3) is 4.49. The number of hydrogen-bond donors (Lipinski definition) is 1. The molecule has 0 spiro atoms. The van der Waals surface area contributed by atoms with Crippen LogP contribution in [0.2, 0.25) is 0 Å². The molecule has 1 amide bonds. The number of amides is 1. The first-order valence-electron chi connectivity index (χ1n) is 9.02. The van der Waals surface area contributed by atoms with Crippen LogP contribution < -0.4 is 14.8 Å². The van der Waals surface area contributed by atoms with E-state index in [1.165, 1.54) is 5.56 Å². The van der Waals surface area contributed by atoms with E-state index < -0.39 is 6.10 Å². The first-order valence-corrected chi connectivity index (χ1v) is 9.02. The minimum atomic E-state index is -0.717. The third-order valence-corrected chi connectivity index (χ3v) is 4.32. The van der Waals surface area contributed by atoms with Crippen LogP contribution in [0.1, 0.15) is 32.3 Å². The van der Waals surface area contributed by atoms with Gasteiger partial charge in [-0.05, 0) is 65.1 Å². The number of benzene rings is 2. The van der Waals surface area contributed by atoms with Crippen LogP contribution in [0.3, 0.4) is 0 Å². The molecule has 0 aliphatic carbocycles. The third-order valence-electron chi connectivity index (χ3n) is 4.32. The molecule has 1 atom stereocenters. The molecule has 0 fully saturated rings. The Morgan fingerprint density at radius 3 is 2.21 bits per heavy atom. The summed E-state index contributed by atoms with van der Waals surface area (Å²) in [6, 6.07) is 14.9. The van der Waals surface area contributed by atoms with Gasteiger partial charge in [0.2, 0.25) is 5.82 Å². The van der Waals surface area contributed by atoms with Crippen molar-refractivity contribution in [3.63, 3.8) is 0 Å². The van der Waals surface area contributed by atoms with Gasteiger partial charge >= 0.3 is 0 Å². The van der Waals surface area contributed by atoms with Crippen molar-refractivity contribution in [1.29, 1.82) is 0 Å². The van der Waals surface area contributed by atoms with E-state index in [0.717, 1.165) is 11.3 Å². The highest BCUT2D eigenvalue weighted by Crippen LogP contribution is 2.26. The van der Waals surface area contributed by atoms with Gasteiger partial charge in [-0.1, -0.05) is 26.0 Å². The zero-order valence-electron chi connectivity index (χ0n) is 16.3. The van der Waals surface area contributed by atoms with Crippen molar-refractivity contribution < 1.29 is 18.9 Å². The lowest BCUT2D eigenvalue weighted by Crippen LogP contribution is -2.30. The average molecular weight is 381 g/mol. The highest BCUT2D eigenvalue weighted by atomic mass is 16.6. The van der Waals surface area contributed by atoms with E-state index >= 15 is 0 Å². The maximum absolute atomic E-state index is 12.5. The summed E-state index contributed by atoms with van der Waals surface area (Å²) >= 11 is 0. The fourth-order valence-electron chi connectivity index (χ4n) is 2.62. The van der Waals surface area contributed by atoms with E-state index in [-0.39, 0.29) is 11.7 Å². The molecule has 1 aromatic heterocycles. The summed E-state index contributed by atoms with van der Waals surface area (Å²) in [6.45, 7) is 5.92. The lowest BCUT2D eigenvalue weighted by atomic mass is 10.0. The van der Waals surface area contributed by atoms with Gasteiger partial charge in [0.15, 0.2) is 11.8 Å². The Morgan fingerprint density at radius 2 is 1.61 bits per heavy atom. The number of nitrogens with zero attached hydrogens (tertiary/aromatic N) is 2. The maximum Gasteiger partial charge on any atom is 0.266 e. The SMILES string of the molecule is COc1ccc(-c2nonc2NC(=O)C(C)Oc2ccc(C(C)C)cc2)cc1. The van der Waals surface area contributed by atoms with Crippen LogP contribution in [0.25, 0.3) is 11.3 Å². The minimum absolute atomic E-state index is 0.237. The average Bonchev–Trinajstić information content (AvgIpc) is 3.16. The van der Waals surface area contributed by atoms with Crippen molar-refractivity contribution >= 4 is 11.7 Å². The molecule has 0 radical (unpaired) electrons. The predicted octanol–water partition coefficient (Wildman–Crippen LogP) is 4.27. The molecule has 0 saturated heterocycles. The van der Waals surface area contributed by atoms with Gasteiger partial charge in [0.05, 0.1) is 7.11 Å². The Morgan fingerprint density at radius 1 is 0.964 bits per heavy atom. The number of carbonyl (C=O) groups is 1. The first-order chi connectivity index (χ1) is 13.5. The number of ether oxygens (including phenoxy) is 2. The van der Waals surface area contributed by atoms with Crippen LogP contribution in [0.5, 0.6) is 11.5 Å². The van der Waals surface area contributed by atoms with Crippen molar-refractivity contribution in [2.24, 2.45) is 0 Å². The fourth-order valence-corrected chi connectivity index (χ4v) is 2.62. The normalized spacial score (nSPS) is 11.9. The molecule has 3 aromatic rings. The largest absolute Gasteiger partial charge is 0.497 e. The lowest BCUT2D eigenvalue weighted by Gasteiger charge is -2.15. The van der Waals surface area contributed by atoms with Crippen LogP contribution in [-0.4, -0.2) is 29.4 Å². The van der Waals surface area contributed by atoms with Gasteiger partial charge in [-0.25, -0.2) is 4.63 Å². The molecule has 28 heavy (non-hydrogen) atoms. The number of hydrogen-bond acceptors (Lipinski definition) is 6. The van der Waals surface area contributed by atoms with Gasteiger partial charge in [0, 0.05) is 5.56 Å². The topological polar surface area (TPSA) is 86.5 Å². The van der Waals surface area contributed by atoms with Gasteiger partial charge in [-0.2, -0.15) is 0 Å². The lowest BCUT2D eigenvalue weighted by molar-refractivity contribution is -0.122. The summed E-state index contributed by atoms with van der Waals surface area (Å²) in [5.74, 6) is 1.67. The van der Waals surface area contributed by atoms with Crippen molar-refractivity contribution in [2.75, 3.05) is 12.4 Å². The van der Waals surface area contributed by atoms with Crippen LogP contribution >= 0.6 is 0 Å². The molecule has 1 unspecified atom stereocenters. The summed E-state index contributed by atoms with van der Waals surface area (Å²) in [7, 11) is 1.59. The van der Waals surface area contributed by atoms with Crippen molar-refractivity contribution in [3.05, 3.63) is 54.1 Å². The molecule has 3 rings (SSSR count). The van der Waals surface area contributed by atoms with Gasteiger partial charge in [0.25, 0.3) is 5.91 Å². The van der Waals surface area contributed by atoms with Crippen molar-refractivity contribution in [3.8, 4) is 22.8 Å². The molecular weight excluding hydrogens is 358 g/mol. The minimum Gasteiger partial charge on any atom is -0.497 e. The zero-order chi connectivity index (χ0) is 20.1. The summed E-state index contributed by atoms with van der Waals surface area (Å²) in [5.41, 5.74) is 2.39. The molecular formula is C21H23N3O4. The number of rotatable bonds is 7. The van der Waals surface area contributed by atoms with Crippen LogP contribution in [0.15, 0.2) is 53.2 Å². The molecule has 0 aliphatic heterocycles. The Labute approximate surface area is 163 Å². The fraction of sp³-hybridized carbons (Fsp3) is 0.286. The van der Waals surface area contributed by atoms with E-state index in [4.69, 9.17) is 14.1 Å². The standard InChI is InChI=1S/C21H23N3O4/c1-13(2)15-5-11-18(12-6-15)27-14(3)21(25)22-20-19(23-28-24-20)16-7-9-17(26-4)10-8-16/h5-14H,1-4H3,(H,22,24,25). The van der Waals surface area contributed by atoms with Crippen LogP contribution in [0, 0.1) is 0 Å². The van der Waals surface area contributed by atoms with Gasteiger partial charge in [0.1, 0.15) is 11.5 Å². The summed E-state index contributed by atoms with van der Waals surface area (Å²) in [5, 5.41) is 10.4. The Hall–Kier alpha value is -3.35. The quantitative estimate of drug-likeness (QED) is 0.657. The highest BCUT2D eigenvalue weighted by molar-refractivity contribution is 5.95. The smallest absolute Gasteiger partial charge is 0.266 e. The summed E-state index contributed by atoms with van der Waals surface area (Å²) < 4.78 is 15.7. The van der Waals surface area contributed by atoms with Crippen LogP contribution in [-0.2, 0) is 4.79 Å². The van der Waals surface area contributed by atoms with Gasteiger partial charge in [-0.15, -0.1) is 0 Å². The number of anilines is 1. The molecule has 146 valence electrons. The summed E-state index contributed by atoms with van der Waals surface area (Å²) in [6.07, 6.45) is -0.717. The first kappa shape index (κ1) is 19.4. The summed E-state index contributed by atoms with van der Waals surface area (Å²) in [4.78, 5) is 12.5.